The van der Waals surface area contributed by atoms with Gasteiger partial charge >= 0.3 is 41.9 Å². The van der Waals surface area contributed by atoms with Gasteiger partial charge in [-0.05, 0) is 118 Å². The van der Waals surface area contributed by atoms with Gasteiger partial charge in [-0.3, -0.25) is 29.0 Å². The average molecular weight is 1670 g/mol. The van der Waals surface area contributed by atoms with Crippen LogP contribution >= 0.6 is 12.2 Å². The van der Waals surface area contributed by atoms with Crippen LogP contribution in [0, 0.1) is 0 Å². The molecule has 2 aromatic carbocycles. The first-order valence-corrected chi connectivity index (χ1v) is 39.8. The van der Waals surface area contributed by atoms with E-state index < -0.39 is 71.8 Å². The number of nitrogens with zero attached hydrogens (tertiary/aromatic N) is 7. The van der Waals surface area contributed by atoms with Crippen molar-refractivity contribution >= 4 is 88.3 Å². The van der Waals surface area contributed by atoms with Gasteiger partial charge in [-0.2, -0.15) is 0 Å². The number of carbonyl (C=O) groups excluding carboxylic acids is 5. The van der Waals surface area contributed by atoms with Crippen LogP contribution < -0.4 is 52.6 Å². The van der Waals surface area contributed by atoms with Crippen LogP contribution in [0.1, 0.15) is 122 Å². The number of nitrogens with one attached hydrogen (secondary N) is 9. The molecule has 5 aromatic rings. The van der Waals surface area contributed by atoms with Crippen molar-refractivity contribution in [2.45, 2.75) is 128 Å². The summed E-state index contributed by atoms with van der Waals surface area (Å²) in [6.45, 7) is 10.1. The lowest BCUT2D eigenvalue weighted by Crippen LogP contribution is -2.51. The molecule has 3 unspecified atom stereocenters. The van der Waals surface area contributed by atoms with E-state index in [1.165, 1.54) is 19.1 Å². The maximum atomic E-state index is 13.7. The molecule has 648 valence electrons. The van der Waals surface area contributed by atoms with Gasteiger partial charge in [-0.25, -0.2) is 43.4 Å². The van der Waals surface area contributed by atoms with Crippen LogP contribution in [0.2, 0.25) is 0 Å². The lowest BCUT2D eigenvalue weighted by Gasteiger charge is -2.23. The molecule has 40 heteroatoms. The van der Waals surface area contributed by atoms with E-state index in [-0.39, 0.29) is 109 Å². The molecule has 1 aliphatic heterocycles. The van der Waals surface area contributed by atoms with Gasteiger partial charge in [0.05, 0.1) is 123 Å². The third kappa shape index (κ3) is 41.9. The SMILES string of the molecule is CC(=O)NCCCCC(NC(=O)C(CCCCNC(=S)Nc1ccc(CCOc2cc(CN3CCOCCOCCN(Cc4cccc(C(=O)O)n4)CCOCCOCC3)nc(C(=O)O)c2)cc1)NC(=O)CCOCCOCCOCCn1cc(-c2cccc(NC(=O)NCCCCC(NC(=O)NCCCC(=O)O)C(=O)O)c2)nn1)C(=O)O. The molecule has 1 aliphatic rings. The molecule has 1 fully saturated rings. The van der Waals surface area contributed by atoms with Crippen molar-refractivity contribution in [3.63, 3.8) is 0 Å². The second kappa shape index (κ2) is 56.6. The van der Waals surface area contributed by atoms with Gasteiger partial charge < -0.3 is 111 Å². The molecule has 3 atom stereocenters. The van der Waals surface area contributed by atoms with Crippen LogP contribution in [0.4, 0.5) is 21.0 Å². The molecule has 39 nitrogen and oxygen atoms in total. The Morgan fingerprint density at radius 3 is 1.67 bits per heavy atom. The highest BCUT2D eigenvalue weighted by atomic mass is 32.1. The second-order valence-electron chi connectivity index (χ2n) is 27.2. The number of carboxylic acid groups (broad SMARTS) is 5. The Morgan fingerprint density at radius 2 is 1.06 bits per heavy atom. The van der Waals surface area contributed by atoms with Crippen molar-refractivity contribution in [2.75, 3.05) is 162 Å². The highest BCUT2D eigenvalue weighted by Gasteiger charge is 2.27. The lowest BCUT2D eigenvalue weighted by atomic mass is 10.1. The molecular weight excluding hydrogens is 1560 g/mol. The molecule has 0 aliphatic carbocycles. The van der Waals surface area contributed by atoms with E-state index in [2.05, 4.69) is 77.9 Å². The first kappa shape index (κ1) is 96.2. The summed E-state index contributed by atoms with van der Waals surface area (Å²) in [5.74, 6) is -6.76. The molecule has 0 bridgehead atoms. The van der Waals surface area contributed by atoms with E-state index in [0.29, 0.717) is 208 Å². The average Bonchev–Trinajstić information content (AvgIpc) is 1.60. The maximum Gasteiger partial charge on any atom is 0.354 e. The fourth-order valence-corrected chi connectivity index (χ4v) is 11.8. The highest BCUT2D eigenvalue weighted by molar-refractivity contribution is 7.80. The minimum atomic E-state index is -1.24. The normalized spacial score (nSPS) is 14.1. The number of amides is 7. The van der Waals surface area contributed by atoms with Crippen LogP contribution in [0.5, 0.6) is 5.75 Å². The van der Waals surface area contributed by atoms with Crippen LogP contribution in [-0.2, 0) is 88.0 Å². The number of carboxylic acids is 5. The summed E-state index contributed by atoms with van der Waals surface area (Å²) in [6.07, 6.45) is 5.26. The molecule has 0 spiro atoms. The van der Waals surface area contributed by atoms with Crippen molar-refractivity contribution < 1.29 is 111 Å². The minimum Gasteiger partial charge on any atom is -0.493 e. The van der Waals surface area contributed by atoms with Crippen molar-refractivity contribution in [2.24, 2.45) is 0 Å². The lowest BCUT2D eigenvalue weighted by molar-refractivity contribution is -0.142. The predicted octanol–water partition coefficient (Wildman–Crippen LogP) is 4.00. The summed E-state index contributed by atoms with van der Waals surface area (Å²) in [4.78, 5) is 134. The van der Waals surface area contributed by atoms with E-state index in [4.69, 9.17) is 55.2 Å². The Labute approximate surface area is 689 Å². The summed E-state index contributed by atoms with van der Waals surface area (Å²) in [5.41, 5.74) is 4.32. The molecule has 118 heavy (non-hydrogen) atoms. The van der Waals surface area contributed by atoms with Crippen LogP contribution in [-0.4, -0.2) is 295 Å². The molecule has 3 aromatic heterocycles. The Morgan fingerprint density at radius 1 is 0.508 bits per heavy atom. The third-order valence-electron chi connectivity index (χ3n) is 17.8. The van der Waals surface area contributed by atoms with E-state index >= 15 is 0 Å². The number of unbranched alkanes of at least 4 members (excludes halogenated alkanes) is 3. The fraction of sp³-hybridized carbons (Fsp3) is 0.551. The Balaban J connectivity index is 0.850. The van der Waals surface area contributed by atoms with Crippen molar-refractivity contribution in [1.82, 2.24) is 72.0 Å². The molecule has 1 saturated heterocycles. The van der Waals surface area contributed by atoms with E-state index in [0.717, 1.165) is 5.56 Å². The zero-order valence-corrected chi connectivity index (χ0v) is 67.3. The van der Waals surface area contributed by atoms with Crippen molar-refractivity contribution in [1.29, 1.82) is 0 Å². The third-order valence-corrected chi connectivity index (χ3v) is 18.0. The second-order valence-corrected chi connectivity index (χ2v) is 27.6. The topological polar surface area (TPSA) is 517 Å². The monoisotopic (exact) mass is 1670 g/mol. The number of rotatable bonds is 50. The number of pyridine rings is 2. The fourth-order valence-electron chi connectivity index (χ4n) is 11.6. The number of benzene rings is 2. The predicted molar refractivity (Wildman–Crippen MR) is 432 cm³/mol. The number of aromatic nitrogens is 5. The Hall–Kier alpha value is -10.7. The quantitative estimate of drug-likeness (QED) is 0.0193. The summed E-state index contributed by atoms with van der Waals surface area (Å²) >= 11 is 5.59. The van der Waals surface area contributed by atoms with E-state index in [9.17, 15) is 68.4 Å². The van der Waals surface area contributed by atoms with Gasteiger partial charge in [-0.15, -0.1) is 5.10 Å². The number of carbonyl (C=O) groups is 10. The van der Waals surface area contributed by atoms with Gasteiger partial charge in [0.25, 0.3) is 0 Å². The van der Waals surface area contributed by atoms with Crippen LogP contribution in [0.25, 0.3) is 11.3 Å². The Bertz CT molecular complexity index is 3900. The molecule has 14 N–H and O–H groups in total. The standard InChI is InChI=1S/C78H112N16O23S/c1-55(95)79-25-5-3-15-65(73(102)103)88-71(99)63(87-69(96)24-34-110-41-47-116-48-46-115-40-33-94-54-68(90-91-94)57-11-8-12-59(49-57)85-76(108)80-26-6-4-16-66(74(104)105)89-77(109)81-28-10-18-70(97)98)14-2-7-27-82-78(118)86-58-21-19-56(20-22-58)23-35-117-62-50-61(84-67(51-62)75(106)107)53-93-31-38-113-44-42-111-36-29-92(30-37-112-43-45-114-39-32-93)52-60-13-9-17-64(83-60)72(100)101/h8-9,11-13,17,19-22,49-51,54,63,65-66H,2-7,10,14-16,18,23-48,52-53H2,1H3,(H,79,95)(H,87,96)(H,88,99)(H,97,98)(H,100,101)(H,102,103)(H,104,105)(H,106,107)(H2,80,85,108)(H2,81,89,109)(H2,82,86,118). The molecule has 0 radical (unpaired) electrons. The zero-order chi connectivity index (χ0) is 84.9. The van der Waals surface area contributed by atoms with Gasteiger partial charge in [0.1, 0.15) is 35.3 Å². The number of hydrogen-bond donors (Lipinski definition) is 14. The van der Waals surface area contributed by atoms with Gasteiger partial charge in [0.15, 0.2) is 10.8 Å². The molecular formula is C78H112N16O23S. The highest BCUT2D eigenvalue weighted by Crippen LogP contribution is 2.22. The number of aromatic carboxylic acids is 2. The number of ether oxygens (including phenoxy) is 8. The summed E-state index contributed by atoms with van der Waals surface area (Å²) in [5, 5.41) is 81.0. The number of anilines is 2. The molecule has 0 saturated carbocycles. The number of thiocarbonyl (C=S) groups is 1. The van der Waals surface area contributed by atoms with Gasteiger partial charge in [-0.1, -0.05) is 35.5 Å². The largest absolute Gasteiger partial charge is 0.493 e. The van der Waals surface area contributed by atoms with E-state index in [1.54, 1.807) is 47.3 Å². The number of urea groups is 2. The summed E-state index contributed by atoms with van der Waals surface area (Å²) in [6, 6.07) is 17.9. The Kier molecular flexibility index (Phi) is 46.1. The van der Waals surface area contributed by atoms with E-state index in [1.807, 2.05) is 30.3 Å². The first-order valence-electron chi connectivity index (χ1n) is 39.4. The number of hydrogen-bond acceptors (Lipinski definition) is 25. The van der Waals surface area contributed by atoms with Crippen LogP contribution in [0.15, 0.2) is 85.1 Å². The molecule has 6 rings (SSSR count). The summed E-state index contributed by atoms with van der Waals surface area (Å²) < 4.78 is 48.3. The molecule has 4 heterocycles. The minimum absolute atomic E-state index is 0.0111. The van der Waals surface area contributed by atoms with Gasteiger partial charge in [0, 0.05) is 121 Å². The smallest absolute Gasteiger partial charge is 0.354 e. The van der Waals surface area contributed by atoms with Crippen molar-refractivity contribution in [3.8, 4) is 17.0 Å². The maximum absolute atomic E-state index is 13.7. The summed E-state index contributed by atoms with van der Waals surface area (Å²) in [7, 11) is 0. The van der Waals surface area contributed by atoms with Crippen molar-refractivity contribution in [3.05, 3.63) is 113 Å². The van der Waals surface area contributed by atoms with Crippen LogP contribution in [0.3, 0.4) is 0 Å². The first-order chi connectivity index (χ1) is 57.0. The number of aliphatic carboxylic acids is 3. The van der Waals surface area contributed by atoms with Gasteiger partial charge in [0.2, 0.25) is 17.7 Å². The zero-order valence-electron chi connectivity index (χ0n) is 66.5. The molecule has 7 amide bonds.